The van der Waals surface area contributed by atoms with E-state index in [1.54, 1.807) is 4.90 Å². The van der Waals surface area contributed by atoms with Crippen LogP contribution in [-0.4, -0.2) is 54.4 Å². The molecule has 1 amide bonds. The topological polar surface area (TPSA) is 59.0 Å². The summed E-state index contributed by atoms with van der Waals surface area (Å²) >= 11 is 0. The van der Waals surface area contributed by atoms with Gasteiger partial charge in [-0.15, -0.1) is 0 Å². The van der Waals surface area contributed by atoms with Crippen molar-refractivity contribution in [1.29, 1.82) is 0 Å². The van der Waals surface area contributed by atoms with Crippen LogP contribution in [-0.2, 0) is 16.1 Å². The van der Waals surface area contributed by atoms with E-state index in [1.807, 2.05) is 38.1 Å². The minimum atomic E-state index is -0.254. The highest BCUT2D eigenvalue weighted by Crippen LogP contribution is 2.14. The summed E-state index contributed by atoms with van der Waals surface area (Å²) in [7, 11) is 0. The predicted molar refractivity (Wildman–Crippen MR) is 79.1 cm³/mol. The molecule has 5 nitrogen and oxygen atoms in total. The lowest BCUT2D eigenvalue weighted by molar-refractivity contribution is -0.0183. The third-order valence-electron chi connectivity index (χ3n) is 3.48. The number of carbonyl (C=O) groups excluding carboxylic acids is 1. The van der Waals surface area contributed by atoms with Crippen molar-refractivity contribution < 1.29 is 19.4 Å². The fourth-order valence-corrected chi connectivity index (χ4v) is 2.25. The molecule has 1 aliphatic rings. The Morgan fingerprint density at radius 2 is 2.14 bits per heavy atom. The normalized spacial score (nSPS) is 19.0. The molecule has 1 saturated heterocycles. The molecule has 5 heteroatoms. The first-order valence-electron chi connectivity index (χ1n) is 7.32. The number of rotatable bonds is 5. The maximum Gasteiger partial charge on any atom is 0.254 e. The zero-order chi connectivity index (χ0) is 15.2. The molecular weight excluding hydrogens is 270 g/mol. The number of aliphatic hydroxyl groups is 1. The van der Waals surface area contributed by atoms with Crippen molar-refractivity contribution in [3.63, 3.8) is 0 Å². The summed E-state index contributed by atoms with van der Waals surface area (Å²) in [4.78, 5) is 14.2. The lowest BCUT2D eigenvalue weighted by atomic mass is 10.1. The zero-order valence-electron chi connectivity index (χ0n) is 12.6. The molecule has 116 valence electrons. The Morgan fingerprint density at radius 3 is 2.76 bits per heavy atom. The summed E-state index contributed by atoms with van der Waals surface area (Å²) in [5.74, 6) is -0.0614. The summed E-state index contributed by atoms with van der Waals surface area (Å²) in [5.41, 5.74) is 1.67. The predicted octanol–water partition coefficient (Wildman–Crippen LogP) is 1.44. The van der Waals surface area contributed by atoms with E-state index < -0.39 is 0 Å². The molecule has 1 fully saturated rings. The van der Waals surface area contributed by atoms with Crippen LogP contribution in [0.2, 0.25) is 0 Å². The van der Waals surface area contributed by atoms with Gasteiger partial charge in [0.05, 0.1) is 38.6 Å². The lowest BCUT2D eigenvalue weighted by Crippen LogP contribution is -2.50. The summed E-state index contributed by atoms with van der Waals surface area (Å²) in [6.07, 6.45) is 0.185. The zero-order valence-corrected chi connectivity index (χ0v) is 12.6. The summed E-state index contributed by atoms with van der Waals surface area (Å²) in [6, 6.07) is 7.18. The number of amides is 1. The molecular formula is C16H23NO4. The third-order valence-corrected chi connectivity index (χ3v) is 3.48. The van der Waals surface area contributed by atoms with Crippen LogP contribution in [0.3, 0.4) is 0 Å². The van der Waals surface area contributed by atoms with E-state index in [9.17, 15) is 9.90 Å². The Labute approximate surface area is 125 Å². The van der Waals surface area contributed by atoms with E-state index in [1.165, 1.54) is 0 Å². The molecule has 1 aromatic rings. The minimum Gasteiger partial charge on any atom is -0.394 e. The van der Waals surface area contributed by atoms with E-state index in [4.69, 9.17) is 9.47 Å². The average molecular weight is 293 g/mol. The van der Waals surface area contributed by atoms with Crippen LogP contribution in [0.15, 0.2) is 24.3 Å². The van der Waals surface area contributed by atoms with Gasteiger partial charge in [-0.05, 0) is 31.5 Å². The van der Waals surface area contributed by atoms with Crippen molar-refractivity contribution in [3.05, 3.63) is 35.4 Å². The second-order valence-electron chi connectivity index (χ2n) is 5.47. The first kappa shape index (κ1) is 15.9. The Kier molecular flexibility index (Phi) is 5.73. The van der Waals surface area contributed by atoms with Crippen molar-refractivity contribution >= 4 is 5.91 Å². The van der Waals surface area contributed by atoms with Crippen LogP contribution < -0.4 is 0 Å². The first-order valence-corrected chi connectivity index (χ1v) is 7.32. The van der Waals surface area contributed by atoms with Crippen molar-refractivity contribution in [2.75, 3.05) is 26.4 Å². The van der Waals surface area contributed by atoms with Crippen molar-refractivity contribution in [1.82, 2.24) is 4.90 Å². The first-order chi connectivity index (χ1) is 10.1. The Balaban J connectivity index is 2.01. The second-order valence-corrected chi connectivity index (χ2v) is 5.47. The van der Waals surface area contributed by atoms with Gasteiger partial charge in [0.1, 0.15) is 0 Å². The van der Waals surface area contributed by atoms with Crippen LogP contribution in [0.25, 0.3) is 0 Å². The third kappa shape index (κ3) is 4.27. The van der Waals surface area contributed by atoms with Gasteiger partial charge in [0.25, 0.3) is 5.91 Å². The van der Waals surface area contributed by atoms with Gasteiger partial charge in [-0.1, -0.05) is 12.1 Å². The number of benzene rings is 1. The monoisotopic (exact) mass is 293 g/mol. The van der Waals surface area contributed by atoms with Gasteiger partial charge in [-0.2, -0.15) is 0 Å². The molecule has 2 rings (SSSR count). The SMILES string of the molecule is CC(C)OCc1ccc(C(=O)N2CCOCC2CO)cc1. The number of morpholine rings is 1. The van der Waals surface area contributed by atoms with Crippen LogP contribution in [0, 0.1) is 0 Å². The number of hydrogen-bond acceptors (Lipinski definition) is 4. The Hall–Kier alpha value is -1.43. The van der Waals surface area contributed by atoms with Gasteiger partial charge in [-0.3, -0.25) is 4.79 Å². The highest BCUT2D eigenvalue weighted by molar-refractivity contribution is 5.94. The fraction of sp³-hybridized carbons (Fsp3) is 0.562. The van der Waals surface area contributed by atoms with E-state index >= 15 is 0 Å². The molecule has 1 unspecified atom stereocenters. The Bertz CT molecular complexity index is 458. The quantitative estimate of drug-likeness (QED) is 0.892. The maximum atomic E-state index is 12.5. The van der Waals surface area contributed by atoms with Crippen LogP contribution >= 0.6 is 0 Å². The van der Waals surface area contributed by atoms with Crippen LogP contribution in [0.5, 0.6) is 0 Å². The molecule has 0 aromatic heterocycles. The molecule has 0 radical (unpaired) electrons. The van der Waals surface area contributed by atoms with E-state index in [2.05, 4.69) is 0 Å². The molecule has 1 N–H and O–H groups in total. The van der Waals surface area contributed by atoms with Gasteiger partial charge in [-0.25, -0.2) is 0 Å². The molecule has 1 heterocycles. The summed E-state index contributed by atoms with van der Waals surface area (Å²) in [6.45, 7) is 5.87. The molecule has 1 aliphatic heterocycles. The molecule has 1 aromatic carbocycles. The smallest absolute Gasteiger partial charge is 0.254 e. The van der Waals surface area contributed by atoms with Crippen molar-refractivity contribution in [2.24, 2.45) is 0 Å². The van der Waals surface area contributed by atoms with E-state index in [0.717, 1.165) is 5.56 Å². The molecule has 0 bridgehead atoms. The van der Waals surface area contributed by atoms with Gasteiger partial charge in [0.2, 0.25) is 0 Å². The highest BCUT2D eigenvalue weighted by Gasteiger charge is 2.27. The van der Waals surface area contributed by atoms with Gasteiger partial charge < -0.3 is 19.5 Å². The van der Waals surface area contributed by atoms with E-state index in [-0.39, 0.29) is 24.7 Å². The molecule has 0 aliphatic carbocycles. The van der Waals surface area contributed by atoms with Crippen LogP contribution in [0.4, 0.5) is 0 Å². The van der Waals surface area contributed by atoms with E-state index in [0.29, 0.717) is 31.9 Å². The molecule has 0 saturated carbocycles. The maximum absolute atomic E-state index is 12.5. The average Bonchev–Trinajstić information content (AvgIpc) is 2.52. The summed E-state index contributed by atoms with van der Waals surface area (Å²) < 4.78 is 10.8. The van der Waals surface area contributed by atoms with Gasteiger partial charge >= 0.3 is 0 Å². The number of aliphatic hydroxyl groups excluding tert-OH is 1. The number of carbonyl (C=O) groups is 1. The standard InChI is InChI=1S/C16H23NO4/c1-12(2)21-10-13-3-5-14(6-4-13)16(19)17-7-8-20-11-15(17)9-18/h3-6,12,15,18H,7-11H2,1-2H3. The number of hydrogen-bond donors (Lipinski definition) is 1. The molecule has 1 atom stereocenters. The number of ether oxygens (including phenoxy) is 2. The van der Waals surface area contributed by atoms with Gasteiger partial charge in [0.15, 0.2) is 0 Å². The molecule has 21 heavy (non-hydrogen) atoms. The second kappa shape index (κ2) is 7.54. The Morgan fingerprint density at radius 1 is 1.43 bits per heavy atom. The lowest BCUT2D eigenvalue weighted by Gasteiger charge is -2.34. The number of nitrogens with zero attached hydrogens (tertiary/aromatic N) is 1. The van der Waals surface area contributed by atoms with Gasteiger partial charge in [0, 0.05) is 12.1 Å². The highest BCUT2D eigenvalue weighted by atomic mass is 16.5. The van der Waals surface area contributed by atoms with Crippen molar-refractivity contribution in [3.8, 4) is 0 Å². The molecule has 0 spiro atoms. The minimum absolute atomic E-state index is 0.0614. The summed E-state index contributed by atoms with van der Waals surface area (Å²) in [5, 5.41) is 9.33. The van der Waals surface area contributed by atoms with Crippen molar-refractivity contribution in [2.45, 2.75) is 32.6 Å². The fourth-order valence-electron chi connectivity index (χ4n) is 2.25. The largest absolute Gasteiger partial charge is 0.394 e. The van der Waals surface area contributed by atoms with Crippen LogP contribution in [0.1, 0.15) is 29.8 Å².